The summed E-state index contributed by atoms with van der Waals surface area (Å²) < 4.78 is 0. The first-order chi connectivity index (χ1) is 10.0. The lowest BCUT2D eigenvalue weighted by atomic mass is 9.99. The van der Waals surface area contributed by atoms with Gasteiger partial charge in [0.25, 0.3) is 0 Å². The Balaban J connectivity index is 2.30. The highest BCUT2D eigenvalue weighted by Crippen LogP contribution is 2.33. The van der Waals surface area contributed by atoms with Crippen LogP contribution in [0.4, 0.5) is 0 Å². The van der Waals surface area contributed by atoms with Crippen LogP contribution >= 0.6 is 23.2 Å². The summed E-state index contributed by atoms with van der Waals surface area (Å²) in [6.45, 7) is 8.12. The molecule has 0 aliphatic rings. The van der Waals surface area contributed by atoms with E-state index in [9.17, 15) is 0 Å². The predicted molar refractivity (Wildman–Crippen MR) is 93.4 cm³/mol. The van der Waals surface area contributed by atoms with E-state index in [1.807, 2.05) is 12.1 Å². The fourth-order valence-corrected chi connectivity index (χ4v) is 2.83. The number of benzene rings is 2. The van der Waals surface area contributed by atoms with Gasteiger partial charge < -0.3 is 5.32 Å². The maximum Gasteiger partial charge on any atom is 0.0487 e. The number of hydrogen-bond acceptors (Lipinski definition) is 1. The molecule has 0 saturated heterocycles. The van der Waals surface area contributed by atoms with Gasteiger partial charge in [-0.25, -0.2) is 0 Å². The van der Waals surface area contributed by atoms with Crippen molar-refractivity contribution in [1.82, 2.24) is 5.32 Å². The van der Waals surface area contributed by atoms with Crippen LogP contribution < -0.4 is 5.32 Å². The molecular weight excluding hydrogens is 301 g/mol. The molecule has 0 aliphatic carbocycles. The van der Waals surface area contributed by atoms with Gasteiger partial charge in [-0.1, -0.05) is 42.3 Å². The zero-order chi connectivity index (χ0) is 15.4. The van der Waals surface area contributed by atoms with E-state index in [1.54, 1.807) is 0 Å². The van der Waals surface area contributed by atoms with Crippen LogP contribution in [0.3, 0.4) is 0 Å². The van der Waals surface area contributed by atoms with E-state index in [2.05, 4.69) is 44.3 Å². The Morgan fingerprint density at radius 3 is 2.33 bits per heavy atom. The molecule has 21 heavy (non-hydrogen) atoms. The summed E-state index contributed by atoms with van der Waals surface area (Å²) in [5, 5.41) is 4.92. The van der Waals surface area contributed by atoms with E-state index in [1.165, 1.54) is 11.1 Å². The molecule has 0 aromatic heterocycles. The lowest BCUT2D eigenvalue weighted by molar-refractivity contribution is 0.675. The average Bonchev–Trinajstić information content (AvgIpc) is 2.45. The average molecular weight is 322 g/mol. The molecule has 0 aliphatic heterocycles. The summed E-state index contributed by atoms with van der Waals surface area (Å²) in [5.74, 6) is 0. The lowest BCUT2D eigenvalue weighted by Crippen LogP contribution is -2.13. The van der Waals surface area contributed by atoms with E-state index < -0.39 is 0 Å². The van der Waals surface area contributed by atoms with Crippen LogP contribution in [0.25, 0.3) is 11.1 Å². The largest absolute Gasteiger partial charge is 0.313 e. The Morgan fingerprint density at radius 2 is 1.67 bits per heavy atom. The second-order valence-corrected chi connectivity index (χ2v) is 6.21. The van der Waals surface area contributed by atoms with Gasteiger partial charge in [-0.3, -0.25) is 0 Å². The van der Waals surface area contributed by atoms with Crippen molar-refractivity contribution in [3.63, 3.8) is 0 Å². The molecule has 1 N–H and O–H groups in total. The molecule has 0 fully saturated rings. The number of aryl methyl sites for hydroxylation is 2. The maximum atomic E-state index is 6.40. The van der Waals surface area contributed by atoms with Crippen LogP contribution in [-0.4, -0.2) is 6.54 Å². The number of hydrogen-bond donors (Lipinski definition) is 1. The molecule has 2 aromatic rings. The fraction of sp³-hybridized carbons (Fsp3) is 0.333. The van der Waals surface area contributed by atoms with Gasteiger partial charge in [0.1, 0.15) is 0 Å². The van der Waals surface area contributed by atoms with Crippen molar-refractivity contribution < 1.29 is 0 Å². The molecule has 0 spiro atoms. The van der Waals surface area contributed by atoms with Crippen molar-refractivity contribution in [2.45, 2.75) is 33.7 Å². The fourth-order valence-electron chi connectivity index (χ4n) is 2.26. The van der Waals surface area contributed by atoms with Gasteiger partial charge in [0.15, 0.2) is 0 Å². The smallest absolute Gasteiger partial charge is 0.0487 e. The highest BCUT2D eigenvalue weighted by molar-refractivity contribution is 6.34. The van der Waals surface area contributed by atoms with E-state index in [0.29, 0.717) is 0 Å². The Labute approximate surface area is 137 Å². The highest BCUT2D eigenvalue weighted by Gasteiger charge is 2.08. The van der Waals surface area contributed by atoms with Gasteiger partial charge in [-0.05, 0) is 67.3 Å². The third-order valence-electron chi connectivity index (χ3n) is 3.69. The summed E-state index contributed by atoms with van der Waals surface area (Å²) in [4.78, 5) is 0. The van der Waals surface area contributed by atoms with E-state index in [0.717, 1.165) is 46.2 Å². The number of halogens is 2. The highest BCUT2D eigenvalue weighted by atomic mass is 35.5. The molecule has 0 bridgehead atoms. The zero-order valence-corrected chi connectivity index (χ0v) is 14.3. The van der Waals surface area contributed by atoms with Gasteiger partial charge in [-0.15, -0.1) is 0 Å². The second kappa shape index (κ2) is 7.31. The minimum atomic E-state index is 0.769. The van der Waals surface area contributed by atoms with Crippen LogP contribution in [0.15, 0.2) is 30.3 Å². The first kappa shape index (κ1) is 16.4. The van der Waals surface area contributed by atoms with Crippen molar-refractivity contribution in [2.75, 3.05) is 6.54 Å². The van der Waals surface area contributed by atoms with Crippen LogP contribution in [0, 0.1) is 13.8 Å². The first-order valence-corrected chi connectivity index (χ1v) is 8.04. The minimum absolute atomic E-state index is 0.769. The minimum Gasteiger partial charge on any atom is -0.313 e. The van der Waals surface area contributed by atoms with Crippen molar-refractivity contribution in [3.8, 4) is 11.1 Å². The normalized spacial score (nSPS) is 10.9. The Hall–Kier alpha value is -1.02. The van der Waals surface area contributed by atoms with Crippen molar-refractivity contribution in [1.29, 1.82) is 0 Å². The maximum absolute atomic E-state index is 6.40. The van der Waals surface area contributed by atoms with E-state index >= 15 is 0 Å². The SMILES string of the molecule is CCCNCc1ccc(-c2cc(C)c(C)cc2Cl)cc1Cl. The Bertz CT molecular complexity index is 635. The third kappa shape index (κ3) is 4.00. The molecule has 0 heterocycles. The van der Waals surface area contributed by atoms with Gasteiger partial charge >= 0.3 is 0 Å². The summed E-state index contributed by atoms with van der Waals surface area (Å²) >= 11 is 12.8. The third-order valence-corrected chi connectivity index (χ3v) is 4.35. The molecular formula is C18H21Cl2N. The molecule has 2 rings (SSSR count). The van der Waals surface area contributed by atoms with Gasteiger partial charge in [-0.2, -0.15) is 0 Å². The molecule has 0 unspecified atom stereocenters. The summed E-state index contributed by atoms with van der Waals surface area (Å²) in [6, 6.07) is 10.3. The van der Waals surface area contributed by atoms with E-state index in [4.69, 9.17) is 23.2 Å². The molecule has 1 nitrogen and oxygen atoms in total. The standard InChI is InChI=1S/C18H21Cl2N/c1-4-7-21-11-15-6-5-14(10-17(15)19)16-8-12(2)13(3)9-18(16)20/h5-6,8-10,21H,4,7,11H2,1-3H3. The summed E-state index contributed by atoms with van der Waals surface area (Å²) in [7, 11) is 0. The number of nitrogens with one attached hydrogen (secondary N) is 1. The second-order valence-electron chi connectivity index (χ2n) is 5.40. The van der Waals surface area contributed by atoms with Gasteiger partial charge in [0.05, 0.1) is 0 Å². The molecule has 112 valence electrons. The van der Waals surface area contributed by atoms with Crippen molar-refractivity contribution in [2.24, 2.45) is 0 Å². The van der Waals surface area contributed by atoms with Gasteiger partial charge in [0, 0.05) is 22.2 Å². The monoisotopic (exact) mass is 321 g/mol. The van der Waals surface area contributed by atoms with Crippen molar-refractivity contribution >= 4 is 23.2 Å². The van der Waals surface area contributed by atoms with Gasteiger partial charge in [0.2, 0.25) is 0 Å². The molecule has 0 atom stereocenters. The van der Waals surface area contributed by atoms with E-state index in [-0.39, 0.29) is 0 Å². The molecule has 0 amide bonds. The lowest BCUT2D eigenvalue weighted by Gasteiger charge is -2.11. The Morgan fingerprint density at radius 1 is 0.952 bits per heavy atom. The van der Waals surface area contributed by atoms with Crippen LogP contribution in [0.1, 0.15) is 30.0 Å². The Kier molecular flexibility index (Phi) is 5.69. The number of rotatable bonds is 5. The topological polar surface area (TPSA) is 12.0 Å². The molecule has 2 aromatic carbocycles. The van der Waals surface area contributed by atoms with Crippen LogP contribution in [0.2, 0.25) is 10.0 Å². The quantitative estimate of drug-likeness (QED) is 0.688. The van der Waals surface area contributed by atoms with Crippen LogP contribution in [0.5, 0.6) is 0 Å². The molecule has 0 saturated carbocycles. The van der Waals surface area contributed by atoms with Crippen molar-refractivity contribution in [3.05, 3.63) is 57.1 Å². The first-order valence-electron chi connectivity index (χ1n) is 7.29. The van der Waals surface area contributed by atoms with Crippen LogP contribution in [-0.2, 0) is 6.54 Å². The zero-order valence-electron chi connectivity index (χ0n) is 12.8. The molecule has 3 heteroatoms. The summed E-state index contributed by atoms with van der Waals surface area (Å²) in [5.41, 5.74) is 5.66. The molecule has 0 radical (unpaired) electrons. The predicted octanol–water partition coefficient (Wildman–Crippen LogP) is 5.78. The summed E-state index contributed by atoms with van der Waals surface area (Å²) in [6.07, 6.45) is 1.12.